The average molecular weight is 270 g/mol. The summed E-state index contributed by atoms with van der Waals surface area (Å²) in [6.07, 6.45) is 1.16. The van der Waals surface area contributed by atoms with Crippen LogP contribution in [-0.4, -0.2) is 26.2 Å². The molecule has 0 fully saturated rings. The summed E-state index contributed by atoms with van der Waals surface area (Å²) >= 11 is 1.11. The van der Waals surface area contributed by atoms with Gasteiger partial charge in [0.2, 0.25) is 0 Å². The molecule has 1 rings (SSSR count). The lowest BCUT2D eigenvalue weighted by Crippen LogP contribution is -2.22. The first-order valence-corrected chi connectivity index (χ1v) is 6.21. The topological polar surface area (TPSA) is 93.3 Å². The number of aliphatic carboxylic acids is 1. The number of hydrogen-bond acceptors (Lipinski definition) is 5. The molecule has 0 aromatic carbocycles. The van der Waals surface area contributed by atoms with Crippen LogP contribution < -0.4 is 0 Å². The molecule has 0 aliphatic heterocycles. The summed E-state index contributed by atoms with van der Waals surface area (Å²) in [7, 11) is 0. The normalized spacial score (nSPS) is 12.4. The Morgan fingerprint density at radius 2 is 2.17 bits per heavy atom. The van der Waals surface area contributed by atoms with Gasteiger partial charge in [-0.15, -0.1) is 0 Å². The van der Waals surface area contributed by atoms with Gasteiger partial charge in [0.15, 0.2) is 0 Å². The number of thioether (sulfide) groups is 1. The molecule has 0 aliphatic carbocycles. The molecule has 98 valence electrons. The molecule has 0 bridgehead atoms. The minimum Gasteiger partial charge on any atom is -0.480 e. The first-order chi connectivity index (χ1) is 8.32. The zero-order valence-corrected chi connectivity index (χ0v) is 11.1. The molecule has 1 atom stereocenters. The van der Waals surface area contributed by atoms with Crippen molar-refractivity contribution in [3.63, 3.8) is 0 Å². The molecule has 0 saturated carbocycles. The Balaban J connectivity index is 2.95. The van der Waals surface area contributed by atoms with Gasteiger partial charge in [-0.2, -0.15) is 0 Å². The van der Waals surface area contributed by atoms with Crippen LogP contribution in [0.2, 0.25) is 0 Å². The molecule has 0 radical (unpaired) electrons. The quantitative estimate of drug-likeness (QED) is 0.502. The highest BCUT2D eigenvalue weighted by molar-refractivity contribution is 8.00. The lowest BCUT2D eigenvalue weighted by molar-refractivity contribution is -0.385. The van der Waals surface area contributed by atoms with Crippen LogP contribution >= 0.6 is 11.8 Å². The van der Waals surface area contributed by atoms with Crippen LogP contribution in [0.5, 0.6) is 0 Å². The van der Waals surface area contributed by atoms with E-state index in [1.165, 1.54) is 0 Å². The van der Waals surface area contributed by atoms with Crippen molar-refractivity contribution in [2.45, 2.75) is 31.0 Å². The fraction of sp³-hybridized carbons (Fsp3) is 0.455. The van der Waals surface area contributed by atoms with Crippen LogP contribution in [0, 0.1) is 23.0 Å². The lowest BCUT2D eigenvalue weighted by atomic mass is 10.1. The van der Waals surface area contributed by atoms with Gasteiger partial charge >= 0.3 is 5.97 Å². The van der Waals surface area contributed by atoms with Crippen molar-refractivity contribution >= 4 is 23.4 Å². The number of nitro groups is 1. The zero-order valence-electron chi connectivity index (χ0n) is 10.3. The monoisotopic (exact) mass is 270 g/mol. The number of pyridine rings is 1. The summed E-state index contributed by atoms with van der Waals surface area (Å²) in [5.74, 6) is -0.961. The van der Waals surface area contributed by atoms with Gasteiger partial charge in [0.25, 0.3) is 5.69 Å². The maximum atomic E-state index is 11.0. The number of carboxylic acid groups (broad SMARTS) is 1. The van der Waals surface area contributed by atoms with Crippen LogP contribution in [0.15, 0.2) is 17.3 Å². The summed E-state index contributed by atoms with van der Waals surface area (Å²) < 4.78 is 0. The van der Waals surface area contributed by atoms with Gasteiger partial charge in [-0.1, -0.05) is 25.6 Å². The molecule has 1 aromatic rings. The second kappa shape index (κ2) is 5.81. The van der Waals surface area contributed by atoms with E-state index in [1.807, 2.05) is 13.8 Å². The Kier molecular flexibility index (Phi) is 4.66. The number of carbonyl (C=O) groups is 1. The fourth-order valence-electron chi connectivity index (χ4n) is 1.38. The Hall–Kier alpha value is -1.63. The number of aryl methyl sites for hydroxylation is 1. The van der Waals surface area contributed by atoms with Crippen molar-refractivity contribution in [2.24, 2.45) is 5.92 Å². The maximum Gasteiger partial charge on any atom is 0.317 e. The molecule has 0 spiro atoms. The molecule has 0 aliphatic rings. The summed E-state index contributed by atoms with van der Waals surface area (Å²) in [5.41, 5.74) is 0.418. The SMILES string of the molecule is Cc1cc(SC(C(=O)O)C(C)C)ncc1[N+](=O)[O-]. The van der Waals surface area contributed by atoms with Crippen molar-refractivity contribution in [2.75, 3.05) is 0 Å². The standard InChI is InChI=1S/C11H14N2O4S/c1-6(2)10(11(14)15)18-9-4-7(3)8(5-12-9)13(16)17/h4-6,10H,1-3H3,(H,14,15). The number of carboxylic acids is 1. The van der Waals surface area contributed by atoms with Gasteiger partial charge in [0, 0.05) is 5.56 Å². The molecule has 0 saturated heterocycles. The molecule has 1 N–H and O–H groups in total. The van der Waals surface area contributed by atoms with Gasteiger partial charge in [0.05, 0.1) is 9.95 Å². The third kappa shape index (κ3) is 3.43. The van der Waals surface area contributed by atoms with Gasteiger partial charge < -0.3 is 5.11 Å². The highest BCUT2D eigenvalue weighted by Crippen LogP contribution is 2.29. The van der Waals surface area contributed by atoms with Crippen LogP contribution in [0.3, 0.4) is 0 Å². The van der Waals surface area contributed by atoms with Gasteiger partial charge in [-0.3, -0.25) is 14.9 Å². The Morgan fingerprint density at radius 1 is 1.56 bits per heavy atom. The second-order valence-corrected chi connectivity index (χ2v) is 5.35. The minimum atomic E-state index is -0.909. The Morgan fingerprint density at radius 3 is 2.56 bits per heavy atom. The van der Waals surface area contributed by atoms with E-state index in [0.29, 0.717) is 10.6 Å². The van der Waals surface area contributed by atoms with E-state index in [2.05, 4.69) is 4.98 Å². The van der Waals surface area contributed by atoms with E-state index >= 15 is 0 Å². The molecule has 1 unspecified atom stereocenters. The Labute approximate surface area is 109 Å². The molecular weight excluding hydrogens is 256 g/mol. The third-order valence-electron chi connectivity index (χ3n) is 2.35. The highest BCUT2D eigenvalue weighted by atomic mass is 32.2. The number of aromatic nitrogens is 1. The van der Waals surface area contributed by atoms with Crippen LogP contribution in [0.4, 0.5) is 5.69 Å². The minimum absolute atomic E-state index is 0.0511. The van der Waals surface area contributed by atoms with E-state index in [9.17, 15) is 14.9 Å². The number of rotatable bonds is 5. The van der Waals surface area contributed by atoms with Crippen molar-refractivity contribution in [3.8, 4) is 0 Å². The van der Waals surface area contributed by atoms with E-state index < -0.39 is 16.1 Å². The average Bonchev–Trinajstić information content (AvgIpc) is 2.24. The van der Waals surface area contributed by atoms with Crippen LogP contribution in [0.25, 0.3) is 0 Å². The fourth-order valence-corrected chi connectivity index (χ4v) is 2.37. The highest BCUT2D eigenvalue weighted by Gasteiger charge is 2.24. The van der Waals surface area contributed by atoms with Crippen LogP contribution in [-0.2, 0) is 4.79 Å². The number of hydrogen-bond donors (Lipinski definition) is 1. The Bertz CT molecular complexity index is 476. The van der Waals surface area contributed by atoms with Crippen LogP contribution in [0.1, 0.15) is 19.4 Å². The predicted molar refractivity (Wildman–Crippen MR) is 67.7 cm³/mol. The largest absolute Gasteiger partial charge is 0.480 e. The summed E-state index contributed by atoms with van der Waals surface area (Å²) in [6.45, 7) is 5.23. The van der Waals surface area contributed by atoms with E-state index in [4.69, 9.17) is 5.11 Å². The molecule has 18 heavy (non-hydrogen) atoms. The molecular formula is C11H14N2O4S. The molecule has 1 aromatic heterocycles. The summed E-state index contributed by atoms with van der Waals surface area (Å²) in [5, 5.41) is 19.6. The summed E-state index contributed by atoms with van der Waals surface area (Å²) in [4.78, 5) is 25.1. The molecule has 1 heterocycles. The van der Waals surface area contributed by atoms with E-state index in [1.54, 1.807) is 13.0 Å². The van der Waals surface area contributed by atoms with Gasteiger partial charge in [0.1, 0.15) is 11.4 Å². The zero-order chi connectivity index (χ0) is 13.9. The summed E-state index contributed by atoms with van der Waals surface area (Å²) in [6, 6.07) is 1.54. The predicted octanol–water partition coefficient (Wildman–Crippen LogP) is 2.50. The first kappa shape index (κ1) is 14.4. The second-order valence-electron chi connectivity index (χ2n) is 4.19. The molecule has 0 amide bonds. The van der Waals surface area contributed by atoms with E-state index in [-0.39, 0.29) is 11.6 Å². The van der Waals surface area contributed by atoms with Crippen molar-refractivity contribution < 1.29 is 14.8 Å². The molecule has 6 nitrogen and oxygen atoms in total. The molecule has 7 heteroatoms. The number of nitrogens with zero attached hydrogens (tertiary/aromatic N) is 2. The van der Waals surface area contributed by atoms with E-state index in [0.717, 1.165) is 18.0 Å². The van der Waals surface area contributed by atoms with Crippen molar-refractivity contribution in [3.05, 3.63) is 27.9 Å². The van der Waals surface area contributed by atoms with Gasteiger partial charge in [-0.05, 0) is 18.9 Å². The maximum absolute atomic E-state index is 11.0. The first-order valence-electron chi connectivity index (χ1n) is 5.33. The smallest absolute Gasteiger partial charge is 0.317 e. The third-order valence-corrected chi connectivity index (χ3v) is 3.82. The van der Waals surface area contributed by atoms with Crippen molar-refractivity contribution in [1.82, 2.24) is 4.98 Å². The lowest BCUT2D eigenvalue weighted by Gasteiger charge is -2.14. The van der Waals surface area contributed by atoms with Crippen molar-refractivity contribution in [1.29, 1.82) is 0 Å². The van der Waals surface area contributed by atoms with Gasteiger partial charge in [-0.25, -0.2) is 4.98 Å².